The molecule has 5 heteroatoms. The molecule has 2 heterocycles. The minimum absolute atomic E-state index is 0.333. The van der Waals surface area contributed by atoms with Crippen LogP contribution in [-0.4, -0.2) is 18.0 Å². The van der Waals surface area contributed by atoms with E-state index in [4.69, 9.17) is 0 Å². The normalized spacial score (nSPS) is 11.5. The first-order valence-electron chi connectivity index (χ1n) is 10.2. The molecule has 2 nitrogen and oxygen atoms in total. The molecule has 0 N–H and O–H groups in total. The third kappa shape index (κ3) is 4.53. The molecule has 0 fully saturated rings. The van der Waals surface area contributed by atoms with Crippen LogP contribution in [0.3, 0.4) is 0 Å². The fraction of sp³-hybridized carbons (Fsp3) is 0.154. The number of benzene rings is 2. The molecule has 4 rings (SSSR count). The van der Waals surface area contributed by atoms with Crippen LogP contribution in [0, 0.1) is 12.7 Å². The fourth-order valence-electron chi connectivity index (χ4n) is 3.71. The summed E-state index contributed by atoms with van der Waals surface area (Å²) in [7, 11) is -1.55. The molecule has 0 atom stereocenters. The Bertz CT molecular complexity index is 1250. The van der Waals surface area contributed by atoms with Crippen molar-refractivity contribution in [2.45, 2.75) is 26.6 Å². The van der Waals surface area contributed by atoms with E-state index in [0.29, 0.717) is 0 Å². The maximum Gasteiger partial charge on any atom is 0.141 e. The number of pyridine rings is 2. The molecule has 0 saturated carbocycles. The van der Waals surface area contributed by atoms with Gasteiger partial charge in [0.2, 0.25) is 0 Å². The molecular weight excluding hydrogens is 467 g/mol. The molecule has 0 amide bonds. The summed E-state index contributed by atoms with van der Waals surface area (Å²) >= 11 is 3.62. The lowest BCUT2D eigenvalue weighted by Gasteiger charge is -2.21. The molecule has 156 valence electrons. The van der Waals surface area contributed by atoms with Crippen LogP contribution in [0.2, 0.25) is 19.6 Å². The molecule has 0 aliphatic heterocycles. The summed E-state index contributed by atoms with van der Waals surface area (Å²) in [6, 6.07) is 20.2. The molecule has 0 saturated heterocycles. The zero-order chi connectivity index (χ0) is 22.2. The summed E-state index contributed by atoms with van der Waals surface area (Å²) in [5.41, 5.74) is 7.03. The number of nitrogens with zero attached hydrogens (tertiary/aromatic N) is 2. The van der Waals surface area contributed by atoms with Crippen molar-refractivity contribution in [3.8, 4) is 33.6 Å². The lowest BCUT2D eigenvalue weighted by atomic mass is 9.91. The van der Waals surface area contributed by atoms with E-state index >= 15 is 0 Å². The highest BCUT2D eigenvalue weighted by Crippen LogP contribution is 2.39. The predicted octanol–water partition coefficient (Wildman–Crippen LogP) is 7.23. The maximum atomic E-state index is 13.6. The van der Waals surface area contributed by atoms with Crippen molar-refractivity contribution >= 4 is 29.2 Å². The van der Waals surface area contributed by atoms with Crippen molar-refractivity contribution in [3.05, 3.63) is 88.9 Å². The Labute approximate surface area is 192 Å². The third-order valence-electron chi connectivity index (χ3n) is 5.43. The molecule has 0 bridgehead atoms. The third-order valence-corrected chi connectivity index (χ3v) is 7.96. The maximum absolute atomic E-state index is 13.6. The number of halogens is 2. The van der Waals surface area contributed by atoms with Gasteiger partial charge in [-0.15, -0.1) is 0 Å². The molecule has 2 aromatic carbocycles. The minimum atomic E-state index is -1.55. The topological polar surface area (TPSA) is 25.8 Å². The SMILES string of the molecule is Cc1cccnc1-c1cc(Br)ccc1-c1ccc([Si](C)(C)C)cc1-c1ccc(F)cn1. The van der Waals surface area contributed by atoms with Gasteiger partial charge in [-0.2, -0.15) is 0 Å². The Morgan fingerprint density at radius 1 is 0.806 bits per heavy atom. The van der Waals surface area contributed by atoms with E-state index in [-0.39, 0.29) is 5.82 Å². The Morgan fingerprint density at radius 2 is 1.55 bits per heavy atom. The number of aromatic nitrogens is 2. The van der Waals surface area contributed by atoms with Crippen LogP contribution in [0.15, 0.2) is 77.5 Å². The molecule has 0 aliphatic rings. The van der Waals surface area contributed by atoms with Crippen LogP contribution in [-0.2, 0) is 0 Å². The number of aryl methyl sites for hydroxylation is 1. The lowest BCUT2D eigenvalue weighted by Crippen LogP contribution is -2.37. The second-order valence-corrected chi connectivity index (χ2v) is 14.7. The number of hydrogen-bond acceptors (Lipinski definition) is 2. The molecule has 0 radical (unpaired) electrons. The second kappa shape index (κ2) is 8.48. The van der Waals surface area contributed by atoms with Crippen LogP contribution in [0.4, 0.5) is 4.39 Å². The van der Waals surface area contributed by atoms with Crippen LogP contribution in [0.5, 0.6) is 0 Å². The van der Waals surface area contributed by atoms with Crippen molar-refractivity contribution in [1.29, 1.82) is 0 Å². The lowest BCUT2D eigenvalue weighted by molar-refractivity contribution is 0.622. The van der Waals surface area contributed by atoms with E-state index < -0.39 is 8.07 Å². The van der Waals surface area contributed by atoms with Gasteiger partial charge in [-0.3, -0.25) is 9.97 Å². The Hall–Kier alpha value is -2.63. The zero-order valence-corrected chi connectivity index (χ0v) is 20.7. The summed E-state index contributed by atoms with van der Waals surface area (Å²) in [4.78, 5) is 9.08. The molecule has 31 heavy (non-hydrogen) atoms. The van der Waals surface area contributed by atoms with Crippen LogP contribution >= 0.6 is 15.9 Å². The predicted molar refractivity (Wildman–Crippen MR) is 134 cm³/mol. The van der Waals surface area contributed by atoms with Crippen molar-refractivity contribution in [3.63, 3.8) is 0 Å². The van der Waals surface area contributed by atoms with Gasteiger partial charge in [-0.25, -0.2) is 4.39 Å². The summed E-state index contributed by atoms with van der Waals surface area (Å²) in [6.45, 7) is 9.05. The van der Waals surface area contributed by atoms with Crippen molar-refractivity contribution in [1.82, 2.24) is 9.97 Å². The van der Waals surface area contributed by atoms with E-state index in [9.17, 15) is 4.39 Å². The first kappa shape index (κ1) is 21.6. The Kier molecular flexibility index (Phi) is 5.91. The smallest absolute Gasteiger partial charge is 0.141 e. The van der Waals surface area contributed by atoms with Gasteiger partial charge in [0.05, 0.1) is 25.7 Å². The van der Waals surface area contributed by atoms with Crippen molar-refractivity contribution in [2.24, 2.45) is 0 Å². The molecule has 4 aromatic rings. The molecule has 0 unspecified atom stereocenters. The molecule has 0 spiro atoms. The van der Waals surface area contributed by atoms with Gasteiger partial charge in [-0.1, -0.05) is 71.1 Å². The van der Waals surface area contributed by atoms with Gasteiger partial charge in [0.1, 0.15) is 5.82 Å². The molecular formula is C26H24BrFN2Si. The van der Waals surface area contributed by atoms with E-state index in [0.717, 1.165) is 43.7 Å². The quantitative estimate of drug-likeness (QED) is 0.282. The second-order valence-electron chi connectivity index (χ2n) is 8.73. The highest BCUT2D eigenvalue weighted by Gasteiger charge is 2.21. The standard InChI is InChI=1S/C26H24BrFN2Si/c1-17-6-5-13-29-26(17)24-14-18(27)7-10-22(24)21-11-9-20(31(2,3)4)15-23(21)25-12-8-19(28)16-30-25/h5-16H,1-4H3. The number of rotatable bonds is 4. The van der Waals surface area contributed by atoms with E-state index in [1.54, 1.807) is 6.07 Å². The Balaban J connectivity index is 2.01. The van der Waals surface area contributed by atoms with Gasteiger partial charge in [0, 0.05) is 21.8 Å². The van der Waals surface area contributed by atoms with E-state index in [1.165, 1.54) is 17.4 Å². The van der Waals surface area contributed by atoms with Gasteiger partial charge in [0.15, 0.2) is 0 Å². The average Bonchev–Trinajstić information content (AvgIpc) is 2.74. The van der Waals surface area contributed by atoms with Gasteiger partial charge in [0.25, 0.3) is 0 Å². The fourth-order valence-corrected chi connectivity index (χ4v) is 5.23. The highest BCUT2D eigenvalue weighted by atomic mass is 79.9. The van der Waals surface area contributed by atoms with Crippen LogP contribution < -0.4 is 5.19 Å². The summed E-state index contributed by atoms with van der Waals surface area (Å²) in [5, 5.41) is 1.34. The van der Waals surface area contributed by atoms with Crippen molar-refractivity contribution in [2.75, 3.05) is 0 Å². The molecule has 0 aliphatic carbocycles. The van der Waals surface area contributed by atoms with Gasteiger partial charge >= 0.3 is 0 Å². The van der Waals surface area contributed by atoms with Crippen LogP contribution in [0.1, 0.15) is 5.56 Å². The number of hydrogen-bond donors (Lipinski definition) is 0. The van der Waals surface area contributed by atoms with Crippen LogP contribution in [0.25, 0.3) is 33.6 Å². The average molecular weight is 491 g/mol. The first-order valence-corrected chi connectivity index (χ1v) is 14.5. The minimum Gasteiger partial charge on any atom is -0.256 e. The summed E-state index contributed by atoms with van der Waals surface area (Å²) < 4.78 is 14.6. The highest BCUT2D eigenvalue weighted by molar-refractivity contribution is 9.10. The Morgan fingerprint density at radius 3 is 2.23 bits per heavy atom. The monoisotopic (exact) mass is 490 g/mol. The zero-order valence-electron chi connectivity index (χ0n) is 18.1. The largest absolute Gasteiger partial charge is 0.256 e. The van der Waals surface area contributed by atoms with E-state index in [1.807, 2.05) is 18.3 Å². The first-order chi connectivity index (χ1) is 14.7. The van der Waals surface area contributed by atoms with Gasteiger partial charge in [-0.05, 0) is 53.9 Å². The summed E-state index contributed by atoms with van der Waals surface area (Å²) in [6.07, 6.45) is 3.11. The van der Waals surface area contributed by atoms with Gasteiger partial charge < -0.3 is 0 Å². The van der Waals surface area contributed by atoms with E-state index in [2.05, 4.69) is 88.9 Å². The molecule has 2 aromatic heterocycles. The summed E-state index contributed by atoms with van der Waals surface area (Å²) in [5.74, 6) is -0.333. The van der Waals surface area contributed by atoms with Crippen molar-refractivity contribution < 1.29 is 4.39 Å².